The largest absolute Gasteiger partial charge is 0.466 e. The summed E-state index contributed by atoms with van der Waals surface area (Å²) in [6.07, 6.45) is 2.20. The molecule has 184 valence electrons. The molecule has 32 heavy (non-hydrogen) atoms. The lowest BCUT2D eigenvalue weighted by molar-refractivity contribution is 0.272. The van der Waals surface area contributed by atoms with Crippen molar-refractivity contribution in [3.8, 4) is 0 Å². The molecular formula is C18H32ClN3O8P2. The first kappa shape index (κ1) is 17.4. The van der Waals surface area contributed by atoms with Crippen molar-refractivity contribution in [3.63, 3.8) is 0 Å². The van der Waals surface area contributed by atoms with Gasteiger partial charge < -0.3 is 39.6 Å². The van der Waals surface area contributed by atoms with Crippen LogP contribution in [0.15, 0.2) is 30.5 Å². The zero-order chi connectivity index (χ0) is 33.5. The number of rotatable bonds is 8. The number of hydrogen-bond donors (Lipinski definition) is 7. The molecular weight excluding hydrogens is 484 g/mol. The van der Waals surface area contributed by atoms with Crippen LogP contribution in [-0.4, -0.2) is 64.8 Å². The van der Waals surface area contributed by atoms with Gasteiger partial charge >= 0.3 is 15.6 Å². The van der Waals surface area contributed by atoms with E-state index in [4.69, 9.17) is 63.8 Å². The fourth-order valence-electron chi connectivity index (χ4n) is 2.28. The molecule has 2 aromatic rings. The molecule has 0 bridgehead atoms. The van der Waals surface area contributed by atoms with Gasteiger partial charge in [-0.3, -0.25) is 4.98 Å². The van der Waals surface area contributed by atoms with E-state index in [-0.39, 0.29) is 12.5 Å². The summed E-state index contributed by atoms with van der Waals surface area (Å²) in [6.45, 7) is -11.3. The minimum atomic E-state index is -4.64. The molecule has 0 amide bonds. The van der Waals surface area contributed by atoms with Gasteiger partial charge in [0.1, 0.15) is 0 Å². The first-order chi connectivity index (χ1) is 18.5. The van der Waals surface area contributed by atoms with Crippen molar-refractivity contribution in [2.75, 3.05) is 24.9 Å². The SMILES string of the molecule is O=P(O)(O)O.O=P(O)(O)O.[2H]C([2H])([2H])C([2H])([2H])N(CCCC(C)Nc1ccnc2cc(Cl)ccc12)C([2H])([2H])C([2H])([2H])[2H]. The van der Waals surface area contributed by atoms with Crippen molar-refractivity contribution in [3.05, 3.63) is 35.5 Å². The van der Waals surface area contributed by atoms with Crippen molar-refractivity contribution in [2.45, 2.75) is 39.5 Å². The third kappa shape index (κ3) is 17.5. The van der Waals surface area contributed by atoms with Crippen molar-refractivity contribution in [1.82, 2.24) is 9.88 Å². The van der Waals surface area contributed by atoms with Gasteiger partial charge in [-0.1, -0.05) is 25.3 Å². The standard InChI is InChI=1S/C18H26ClN3.2H3O4P/c1-4-22(5-2)12-6-7-14(3)21-17-10-11-20-18-13-15(19)8-9-16(17)18;2*1-5(2,3)4/h8-11,13-14H,4-7,12H2,1-3H3,(H,20,21);2*(H3,1,2,3,4)/i1D3,2D3,4D2,5D2;;. The van der Waals surface area contributed by atoms with Crippen LogP contribution >= 0.6 is 27.2 Å². The average molecular weight is 526 g/mol. The van der Waals surface area contributed by atoms with Crippen LogP contribution in [0.3, 0.4) is 0 Å². The highest BCUT2D eigenvalue weighted by Gasteiger charge is 2.07. The molecule has 1 heterocycles. The Balaban J connectivity index is 0.00000144. The number of aromatic nitrogens is 1. The van der Waals surface area contributed by atoms with E-state index in [9.17, 15) is 0 Å². The molecule has 0 aliphatic heterocycles. The van der Waals surface area contributed by atoms with E-state index in [0.717, 1.165) is 11.1 Å². The Morgan fingerprint density at radius 3 is 2.22 bits per heavy atom. The van der Waals surface area contributed by atoms with Crippen LogP contribution in [0.25, 0.3) is 10.9 Å². The Morgan fingerprint density at radius 1 is 1.12 bits per heavy atom. The first-order valence-electron chi connectivity index (χ1n) is 13.6. The van der Waals surface area contributed by atoms with Gasteiger partial charge in [0.05, 0.1) is 5.52 Å². The minimum absolute atomic E-state index is 0.157. The number of fused-ring (bicyclic) bond motifs is 1. The van der Waals surface area contributed by atoms with Crippen LogP contribution < -0.4 is 5.32 Å². The number of hydrogen-bond acceptors (Lipinski definition) is 5. The zero-order valence-electron chi connectivity index (χ0n) is 26.8. The van der Waals surface area contributed by atoms with Gasteiger partial charge in [-0.05, 0) is 63.6 Å². The van der Waals surface area contributed by atoms with E-state index >= 15 is 0 Å². The van der Waals surface area contributed by atoms with Gasteiger partial charge in [-0.25, -0.2) is 9.13 Å². The summed E-state index contributed by atoms with van der Waals surface area (Å²) in [5.41, 5.74) is 1.50. The van der Waals surface area contributed by atoms with E-state index in [0.29, 0.717) is 21.9 Å². The van der Waals surface area contributed by atoms with Crippen molar-refractivity contribution in [1.29, 1.82) is 0 Å². The number of halogens is 1. The van der Waals surface area contributed by atoms with Crippen LogP contribution in [0.2, 0.25) is 5.02 Å². The molecule has 0 aliphatic rings. The summed E-state index contributed by atoms with van der Waals surface area (Å²) < 4.78 is 94.3. The number of anilines is 1. The molecule has 0 saturated carbocycles. The molecule has 1 aromatic carbocycles. The van der Waals surface area contributed by atoms with Crippen molar-refractivity contribution >= 4 is 43.8 Å². The Morgan fingerprint density at radius 2 is 1.69 bits per heavy atom. The molecule has 0 spiro atoms. The molecule has 0 radical (unpaired) electrons. The van der Waals surface area contributed by atoms with Gasteiger partial charge in [0.25, 0.3) is 0 Å². The summed E-state index contributed by atoms with van der Waals surface area (Å²) in [6, 6.07) is 6.94. The fraction of sp³-hybridized carbons (Fsp3) is 0.500. The second-order valence-corrected chi connectivity index (χ2v) is 8.60. The van der Waals surface area contributed by atoms with Crippen LogP contribution in [-0.2, 0) is 9.13 Å². The third-order valence-corrected chi connectivity index (χ3v) is 3.63. The summed E-state index contributed by atoms with van der Waals surface area (Å²) in [5.74, 6) is 0. The average Bonchev–Trinajstić information content (AvgIpc) is 2.72. The molecule has 7 N–H and O–H groups in total. The second-order valence-electron chi connectivity index (χ2n) is 6.11. The summed E-state index contributed by atoms with van der Waals surface area (Å²) in [5, 5.41) is 4.71. The molecule has 0 fully saturated rings. The molecule has 2 rings (SSSR count). The maximum atomic E-state index is 8.88. The van der Waals surface area contributed by atoms with E-state index < -0.39 is 48.9 Å². The fourth-order valence-corrected chi connectivity index (χ4v) is 2.45. The molecule has 1 atom stereocenters. The Bertz CT molecular complexity index is 1200. The van der Waals surface area contributed by atoms with Crippen LogP contribution in [0, 0.1) is 0 Å². The number of benzene rings is 1. The van der Waals surface area contributed by atoms with E-state index in [2.05, 4.69) is 10.3 Å². The lowest BCUT2D eigenvalue weighted by Gasteiger charge is -2.20. The van der Waals surface area contributed by atoms with Gasteiger partial charge in [-0.15, -0.1) is 0 Å². The van der Waals surface area contributed by atoms with Gasteiger partial charge in [-0.2, -0.15) is 0 Å². The summed E-state index contributed by atoms with van der Waals surface area (Å²) in [7, 11) is -9.28. The van der Waals surface area contributed by atoms with Crippen LogP contribution in [0.4, 0.5) is 5.69 Å². The predicted octanol–water partition coefficient (Wildman–Crippen LogP) is 2.95. The highest BCUT2D eigenvalue weighted by molar-refractivity contribution is 7.45. The normalized spacial score (nSPS) is 18.8. The maximum Gasteiger partial charge on any atom is 0.466 e. The summed E-state index contributed by atoms with van der Waals surface area (Å²) in [4.78, 5) is 47.7. The Labute approximate surface area is 206 Å². The third-order valence-electron chi connectivity index (χ3n) is 3.40. The quantitative estimate of drug-likeness (QED) is 0.251. The highest BCUT2D eigenvalue weighted by Crippen LogP contribution is 2.26. The van der Waals surface area contributed by atoms with Crippen LogP contribution in [0.5, 0.6) is 0 Å². The number of nitrogens with one attached hydrogen (secondary N) is 1. The number of phosphoric acid groups is 2. The van der Waals surface area contributed by atoms with Gasteiger partial charge in [0.15, 0.2) is 0 Å². The molecule has 0 saturated heterocycles. The second kappa shape index (κ2) is 14.9. The van der Waals surface area contributed by atoms with E-state index in [1.807, 2.05) is 13.0 Å². The van der Waals surface area contributed by atoms with Crippen LogP contribution in [0.1, 0.15) is 47.2 Å². The topological polar surface area (TPSA) is 184 Å². The highest BCUT2D eigenvalue weighted by atomic mass is 35.5. The van der Waals surface area contributed by atoms with Gasteiger partial charge in [0.2, 0.25) is 0 Å². The Kier molecular flexibility index (Phi) is 8.10. The van der Waals surface area contributed by atoms with E-state index in [1.54, 1.807) is 24.4 Å². The lowest BCUT2D eigenvalue weighted by atomic mass is 10.1. The van der Waals surface area contributed by atoms with E-state index in [1.165, 1.54) is 0 Å². The molecule has 0 aliphatic carbocycles. The first-order valence-corrected chi connectivity index (χ1v) is 12.1. The minimum Gasteiger partial charge on any atom is -0.382 e. The Hall–Kier alpha value is -1.10. The molecule has 11 nitrogen and oxygen atoms in total. The number of pyridine rings is 1. The van der Waals surface area contributed by atoms with Crippen molar-refractivity contribution in [2.24, 2.45) is 0 Å². The lowest BCUT2D eigenvalue weighted by Crippen LogP contribution is -2.25. The number of nitrogens with zero attached hydrogens (tertiary/aromatic N) is 2. The monoisotopic (exact) mass is 525 g/mol. The van der Waals surface area contributed by atoms with Crippen molar-refractivity contribution < 1.29 is 52.2 Å². The zero-order valence-corrected chi connectivity index (χ0v) is 19.3. The van der Waals surface area contributed by atoms with Gasteiger partial charge in [0, 0.05) is 42.0 Å². The summed E-state index contributed by atoms with van der Waals surface area (Å²) >= 11 is 6.01. The smallest absolute Gasteiger partial charge is 0.382 e. The molecule has 14 heteroatoms. The molecule has 1 unspecified atom stereocenters. The molecule has 1 aromatic heterocycles. The predicted molar refractivity (Wildman–Crippen MR) is 125 cm³/mol. The maximum absolute atomic E-state index is 8.88.